The predicted octanol–water partition coefficient (Wildman–Crippen LogP) is 2.36. The first-order valence-electron chi connectivity index (χ1n) is 6.70. The van der Waals surface area contributed by atoms with Crippen molar-refractivity contribution in [3.63, 3.8) is 0 Å². The van der Waals surface area contributed by atoms with Crippen molar-refractivity contribution < 1.29 is 9.47 Å². The molecule has 1 aromatic carbocycles. The predicted molar refractivity (Wildman–Crippen MR) is 78.1 cm³/mol. The van der Waals surface area contributed by atoms with E-state index in [1.807, 2.05) is 28.9 Å². The maximum atomic E-state index is 6.38. The lowest BCUT2D eigenvalue weighted by Gasteiger charge is -2.16. The summed E-state index contributed by atoms with van der Waals surface area (Å²) in [4.78, 5) is 0. The van der Waals surface area contributed by atoms with E-state index in [1.54, 1.807) is 20.4 Å². The highest BCUT2D eigenvalue weighted by atomic mass is 16.5. The Bertz CT molecular complexity index is 549. The third-order valence-electron chi connectivity index (χ3n) is 3.27. The minimum Gasteiger partial charge on any atom is -0.497 e. The zero-order valence-electron chi connectivity index (χ0n) is 12.2. The van der Waals surface area contributed by atoms with Crippen molar-refractivity contribution in [2.45, 2.75) is 25.9 Å². The normalized spacial score (nSPS) is 12.2. The summed E-state index contributed by atoms with van der Waals surface area (Å²) in [6.45, 7) is 2.93. The van der Waals surface area contributed by atoms with E-state index in [0.717, 1.165) is 35.7 Å². The van der Waals surface area contributed by atoms with Gasteiger partial charge < -0.3 is 15.2 Å². The molecule has 1 atom stereocenters. The van der Waals surface area contributed by atoms with Gasteiger partial charge in [0, 0.05) is 6.54 Å². The van der Waals surface area contributed by atoms with E-state index in [-0.39, 0.29) is 6.04 Å². The van der Waals surface area contributed by atoms with Crippen LogP contribution in [0, 0.1) is 0 Å². The third kappa shape index (κ3) is 2.77. The van der Waals surface area contributed by atoms with E-state index in [4.69, 9.17) is 15.2 Å². The topological polar surface area (TPSA) is 62.3 Å². The molecular weight excluding hydrogens is 254 g/mol. The number of nitrogens with zero attached hydrogens (tertiary/aromatic N) is 2. The molecule has 1 unspecified atom stereocenters. The molecule has 1 aromatic heterocycles. The van der Waals surface area contributed by atoms with Gasteiger partial charge in [-0.3, -0.25) is 4.68 Å². The van der Waals surface area contributed by atoms with Crippen LogP contribution in [0.1, 0.15) is 30.6 Å². The number of nitrogens with two attached hydrogens (primary N) is 1. The van der Waals surface area contributed by atoms with E-state index < -0.39 is 0 Å². The van der Waals surface area contributed by atoms with Gasteiger partial charge in [0.2, 0.25) is 0 Å². The van der Waals surface area contributed by atoms with Gasteiger partial charge in [-0.05, 0) is 24.1 Å². The Balaban J connectivity index is 2.35. The lowest BCUT2D eigenvalue weighted by atomic mass is 10.0. The third-order valence-corrected chi connectivity index (χ3v) is 3.27. The molecule has 20 heavy (non-hydrogen) atoms. The van der Waals surface area contributed by atoms with Crippen LogP contribution in [0.4, 0.5) is 0 Å². The van der Waals surface area contributed by atoms with Crippen molar-refractivity contribution in [2.75, 3.05) is 14.2 Å². The van der Waals surface area contributed by atoms with E-state index in [9.17, 15) is 0 Å². The Kier molecular flexibility index (Phi) is 4.63. The summed E-state index contributed by atoms with van der Waals surface area (Å²) in [6.07, 6.45) is 2.71. The zero-order chi connectivity index (χ0) is 14.5. The summed E-state index contributed by atoms with van der Waals surface area (Å²) in [6, 6.07) is 7.47. The quantitative estimate of drug-likeness (QED) is 0.879. The lowest BCUT2D eigenvalue weighted by Crippen LogP contribution is -2.18. The standard InChI is InChI=1S/C15H21N3O2/c1-4-9-18-15(13(20-3)10-17-18)14(16)11-5-7-12(19-2)8-6-11/h5-8,10,14H,4,9,16H2,1-3H3. The van der Waals surface area contributed by atoms with Crippen molar-refractivity contribution in [3.8, 4) is 11.5 Å². The monoisotopic (exact) mass is 275 g/mol. The number of ether oxygens (including phenoxy) is 2. The summed E-state index contributed by atoms with van der Waals surface area (Å²) in [7, 11) is 3.28. The maximum absolute atomic E-state index is 6.38. The molecule has 2 rings (SSSR count). The van der Waals surface area contributed by atoms with Gasteiger partial charge in [0.05, 0.1) is 26.5 Å². The fourth-order valence-electron chi connectivity index (χ4n) is 2.21. The molecule has 0 fully saturated rings. The van der Waals surface area contributed by atoms with E-state index >= 15 is 0 Å². The largest absolute Gasteiger partial charge is 0.497 e. The summed E-state index contributed by atoms with van der Waals surface area (Å²) >= 11 is 0. The van der Waals surface area contributed by atoms with Crippen molar-refractivity contribution in [3.05, 3.63) is 41.7 Å². The zero-order valence-corrected chi connectivity index (χ0v) is 12.2. The molecule has 0 saturated heterocycles. The van der Waals surface area contributed by atoms with Crippen molar-refractivity contribution in [1.29, 1.82) is 0 Å². The maximum Gasteiger partial charge on any atom is 0.161 e. The molecule has 108 valence electrons. The average molecular weight is 275 g/mol. The van der Waals surface area contributed by atoms with Gasteiger partial charge in [-0.2, -0.15) is 5.10 Å². The highest BCUT2D eigenvalue weighted by Crippen LogP contribution is 2.29. The lowest BCUT2D eigenvalue weighted by molar-refractivity contribution is 0.403. The Labute approximate surface area is 119 Å². The molecule has 5 heteroatoms. The Morgan fingerprint density at radius 1 is 1.20 bits per heavy atom. The van der Waals surface area contributed by atoms with Crippen molar-refractivity contribution >= 4 is 0 Å². The number of methoxy groups -OCH3 is 2. The molecule has 0 saturated carbocycles. The molecule has 0 aliphatic rings. The van der Waals surface area contributed by atoms with Crippen LogP contribution in [0.15, 0.2) is 30.5 Å². The van der Waals surface area contributed by atoms with Crippen molar-refractivity contribution in [1.82, 2.24) is 9.78 Å². The first kappa shape index (κ1) is 14.4. The number of aryl methyl sites for hydroxylation is 1. The van der Waals surface area contributed by atoms with Gasteiger partial charge in [0.1, 0.15) is 11.4 Å². The second-order valence-electron chi connectivity index (χ2n) is 4.57. The van der Waals surface area contributed by atoms with Gasteiger partial charge in [0.15, 0.2) is 5.75 Å². The Morgan fingerprint density at radius 2 is 1.90 bits per heavy atom. The molecular formula is C15H21N3O2. The SMILES string of the molecule is CCCn1ncc(OC)c1C(N)c1ccc(OC)cc1. The van der Waals surface area contributed by atoms with Gasteiger partial charge in [-0.25, -0.2) is 0 Å². The highest BCUT2D eigenvalue weighted by Gasteiger charge is 2.20. The fourth-order valence-corrected chi connectivity index (χ4v) is 2.21. The number of rotatable bonds is 6. The summed E-state index contributed by atoms with van der Waals surface area (Å²) in [5.74, 6) is 1.54. The Hall–Kier alpha value is -2.01. The first-order valence-corrected chi connectivity index (χ1v) is 6.70. The van der Waals surface area contributed by atoms with Crippen LogP contribution in [0.5, 0.6) is 11.5 Å². The molecule has 0 bridgehead atoms. The first-order chi connectivity index (χ1) is 9.71. The summed E-state index contributed by atoms with van der Waals surface area (Å²) in [5, 5.41) is 4.34. The van der Waals surface area contributed by atoms with Gasteiger partial charge in [-0.15, -0.1) is 0 Å². The van der Waals surface area contributed by atoms with Gasteiger partial charge >= 0.3 is 0 Å². The number of hydrogen-bond donors (Lipinski definition) is 1. The second-order valence-corrected chi connectivity index (χ2v) is 4.57. The van der Waals surface area contributed by atoms with E-state index in [2.05, 4.69) is 12.0 Å². The molecule has 0 amide bonds. The van der Waals surface area contributed by atoms with Crippen molar-refractivity contribution in [2.24, 2.45) is 5.73 Å². The summed E-state index contributed by atoms with van der Waals surface area (Å²) < 4.78 is 12.4. The fraction of sp³-hybridized carbons (Fsp3) is 0.400. The van der Waals surface area contributed by atoms with Crippen LogP contribution in [0.3, 0.4) is 0 Å². The Morgan fingerprint density at radius 3 is 2.45 bits per heavy atom. The average Bonchev–Trinajstić information content (AvgIpc) is 2.90. The highest BCUT2D eigenvalue weighted by molar-refractivity contribution is 5.38. The van der Waals surface area contributed by atoms with E-state index in [0.29, 0.717) is 0 Å². The minimum absolute atomic E-state index is 0.273. The molecule has 0 radical (unpaired) electrons. The second kappa shape index (κ2) is 6.43. The van der Waals surface area contributed by atoms with Gasteiger partial charge in [-0.1, -0.05) is 19.1 Å². The van der Waals surface area contributed by atoms with E-state index in [1.165, 1.54) is 0 Å². The van der Waals surface area contributed by atoms with Crippen LogP contribution < -0.4 is 15.2 Å². The smallest absolute Gasteiger partial charge is 0.161 e. The molecule has 0 aliphatic heterocycles. The number of hydrogen-bond acceptors (Lipinski definition) is 4. The molecule has 0 aliphatic carbocycles. The molecule has 2 N–H and O–H groups in total. The summed E-state index contributed by atoms with van der Waals surface area (Å²) in [5.41, 5.74) is 8.28. The van der Waals surface area contributed by atoms with Crippen LogP contribution >= 0.6 is 0 Å². The minimum atomic E-state index is -0.273. The molecule has 2 aromatic rings. The van der Waals surface area contributed by atoms with Crippen LogP contribution in [0.25, 0.3) is 0 Å². The van der Waals surface area contributed by atoms with Crippen LogP contribution in [0.2, 0.25) is 0 Å². The van der Waals surface area contributed by atoms with Gasteiger partial charge in [0.25, 0.3) is 0 Å². The van der Waals surface area contributed by atoms with Crippen LogP contribution in [-0.2, 0) is 6.54 Å². The number of aromatic nitrogens is 2. The number of benzene rings is 1. The van der Waals surface area contributed by atoms with Crippen LogP contribution in [-0.4, -0.2) is 24.0 Å². The molecule has 0 spiro atoms. The molecule has 5 nitrogen and oxygen atoms in total. The molecule has 1 heterocycles.